The van der Waals surface area contributed by atoms with Gasteiger partial charge in [-0.1, -0.05) is 13.8 Å². The van der Waals surface area contributed by atoms with E-state index in [4.69, 9.17) is 0 Å². The maximum Gasteiger partial charge on any atom is 1.00 e. The number of carbonyl (C=O) groups is 2. The van der Waals surface area contributed by atoms with Gasteiger partial charge in [-0.2, -0.15) is 0 Å². The Morgan fingerprint density at radius 2 is 1.86 bits per heavy atom. The van der Waals surface area contributed by atoms with Gasteiger partial charge in [0.1, 0.15) is 0 Å². The molecule has 4 nitrogen and oxygen atoms in total. The van der Waals surface area contributed by atoms with Crippen molar-refractivity contribution in [2.45, 2.75) is 33.6 Å². The van der Waals surface area contributed by atoms with Crippen molar-refractivity contribution in [1.82, 2.24) is 0 Å². The predicted molar refractivity (Wildman–Crippen MR) is 44.7 cm³/mol. The molecule has 14 heavy (non-hydrogen) atoms. The van der Waals surface area contributed by atoms with Crippen molar-refractivity contribution in [2.24, 2.45) is 5.41 Å². The number of hydrogen-bond donors (Lipinski definition) is 0. The first kappa shape index (κ1) is 16.4. The Hall–Kier alpha value is -0.0600. The average molecular weight is 210 g/mol. The van der Waals surface area contributed by atoms with E-state index in [2.05, 4.69) is 4.74 Å². The minimum absolute atomic E-state index is 0. The predicted octanol–water partition coefficient (Wildman–Crippen LogP) is -2.89. The standard InChI is InChI=1S/C9H16O4.Na/c1-4-13-7(10)5-6-9(2,3)8(11)12;/h4-6H2,1-3H3,(H,11,12);/q;+1/p-1. The molecule has 0 spiro atoms. The molecule has 0 amide bonds. The third kappa shape index (κ3) is 6.40. The summed E-state index contributed by atoms with van der Waals surface area (Å²) in [5, 5.41) is 10.5. The van der Waals surface area contributed by atoms with Crippen molar-refractivity contribution in [2.75, 3.05) is 6.61 Å². The summed E-state index contributed by atoms with van der Waals surface area (Å²) in [4.78, 5) is 21.4. The molecule has 0 saturated heterocycles. The molecule has 0 unspecified atom stereocenters. The summed E-state index contributed by atoms with van der Waals surface area (Å²) in [5.41, 5.74) is -0.966. The van der Waals surface area contributed by atoms with Gasteiger partial charge >= 0.3 is 35.5 Å². The van der Waals surface area contributed by atoms with E-state index in [0.717, 1.165) is 0 Å². The van der Waals surface area contributed by atoms with Crippen LogP contribution in [0.15, 0.2) is 0 Å². The SMILES string of the molecule is CCOC(=O)CCC(C)(C)C(=O)[O-].[Na+]. The number of aliphatic carboxylic acids is 1. The Labute approximate surface area is 106 Å². The summed E-state index contributed by atoms with van der Waals surface area (Å²) in [6, 6.07) is 0. The van der Waals surface area contributed by atoms with Crippen molar-refractivity contribution in [1.29, 1.82) is 0 Å². The Balaban J connectivity index is 0. The molecular weight excluding hydrogens is 195 g/mol. The van der Waals surface area contributed by atoms with Gasteiger partial charge in [0.05, 0.1) is 6.61 Å². The third-order valence-electron chi connectivity index (χ3n) is 1.81. The van der Waals surface area contributed by atoms with Crippen LogP contribution in [0, 0.1) is 5.41 Å². The normalized spacial score (nSPS) is 10.2. The fourth-order valence-electron chi connectivity index (χ4n) is 0.750. The maximum absolute atomic E-state index is 10.9. The number of carboxylic acid groups (broad SMARTS) is 1. The van der Waals surface area contributed by atoms with Crippen LogP contribution in [0.1, 0.15) is 33.6 Å². The molecule has 0 aliphatic heterocycles. The zero-order valence-corrected chi connectivity index (χ0v) is 11.3. The molecular formula is C9H15NaO4. The monoisotopic (exact) mass is 210 g/mol. The Kier molecular flexibility index (Phi) is 8.49. The first-order valence-corrected chi connectivity index (χ1v) is 4.27. The van der Waals surface area contributed by atoms with Crippen molar-refractivity contribution >= 4 is 11.9 Å². The smallest absolute Gasteiger partial charge is 0.550 e. The largest absolute Gasteiger partial charge is 1.00 e. The Morgan fingerprint density at radius 3 is 2.21 bits per heavy atom. The Bertz CT molecular complexity index is 201. The molecule has 0 saturated carbocycles. The summed E-state index contributed by atoms with van der Waals surface area (Å²) in [6.45, 7) is 5.09. The number of esters is 1. The summed E-state index contributed by atoms with van der Waals surface area (Å²) in [6.07, 6.45) is 0.364. The van der Waals surface area contributed by atoms with E-state index in [1.54, 1.807) is 6.92 Å². The zero-order chi connectivity index (χ0) is 10.5. The fraction of sp³-hybridized carbons (Fsp3) is 0.778. The third-order valence-corrected chi connectivity index (χ3v) is 1.81. The number of rotatable bonds is 5. The number of carboxylic acids is 1. The molecule has 0 aliphatic rings. The molecule has 0 bridgehead atoms. The van der Waals surface area contributed by atoms with Crippen LogP contribution in [0.3, 0.4) is 0 Å². The van der Waals surface area contributed by atoms with Gasteiger partial charge in [-0.15, -0.1) is 0 Å². The minimum atomic E-state index is -1.14. The van der Waals surface area contributed by atoms with Gasteiger partial charge in [0.25, 0.3) is 0 Å². The average Bonchev–Trinajstić information content (AvgIpc) is 2.01. The zero-order valence-electron chi connectivity index (χ0n) is 9.25. The van der Waals surface area contributed by atoms with E-state index in [1.165, 1.54) is 13.8 Å². The number of hydrogen-bond acceptors (Lipinski definition) is 4. The van der Waals surface area contributed by atoms with Crippen molar-refractivity contribution < 1.29 is 49.0 Å². The molecule has 0 N–H and O–H groups in total. The van der Waals surface area contributed by atoms with Gasteiger partial charge in [0, 0.05) is 17.8 Å². The molecule has 0 rings (SSSR count). The van der Waals surface area contributed by atoms with Gasteiger partial charge in [-0.05, 0) is 13.3 Å². The molecule has 5 heteroatoms. The van der Waals surface area contributed by atoms with Crippen molar-refractivity contribution in [3.05, 3.63) is 0 Å². The second-order valence-electron chi connectivity index (χ2n) is 3.48. The van der Waals surface area contributed by atoms with E-state index in [-0.39, 0.29) is 48.4 Å². The topological polar surface area (TPSA) is 66.4 Å². The fourth-order valence-corrected chi connectivity index (χ4v) is 0.750. The first-order chi connectivity index (χ1) is 5.90. The maximum atomic E-state index is 10.9. The molecule has 0 aromatic carbocycles. The first-order valence-electron chi connectivity index (χ1n) is 4.27. The van der Waals surface area contributed by atoms with E-state index in [1.807, 2.05) is 0 Å². The van der Waals surface area contributed by atoms with Crippen LogP contribution in [0.4, 0.5) is 0 Å². The second kappa shape index (κ2) is 7.26. The summed E-state index contributed by atoms with van der Waals surface area (Å²) in [7, 11) is 0. The van der Waals surface area contributed by atoms with Crippen LogP contribution in [0.2, 0.25) is 0 Å². The van der Waals surface area contributed by atoms with E-state index < -0.39 is 11.4 Å². The minimum Gasteiger partial charge on any atom is -0.550 e. The van der Waals surface area contributed by atoms with Crippen LogP contribution in [-0.4, -0.2) is 18.5 Å². The van der Waals surface area contributed by atoms with Crippen molar-refractivity contribution in [3.8, 4) is 0 Å². The van der Waals surface area contributed by atoms with Crippen LogP contribution in [0.5, 0.6) is 0 Å². The molecule has 0 fully saturated rings. The van der Waals surface area contributed by atoms with Crippen LogP contribution >= 0.6 is 0 Å². The second-order valence-corrected chi connectivity index (χ2v) is 3.48. The van der Waals surface area contributed by atoms with Gasteiger partial charge in [-0.3, -0.25) is 4.79 Å². The van der Waals surface area contributed by atoms with E-state index in [0.29, 0.717) is 6.61 Å². The van der Waals surface area contributed by atoms with Gasteiger partial charge in [0.2, 0.25) is 0 Å². The van der Waals surface area contributed by atoms with Crippen LogP contribution in [-0.2, 0) is 14.3 Å². The van der Waals surface area contributed by atoms with Crippen molar-refractivity contribution in [3.63, 3.8) is 0 Å². The van der Waals surface area contributed by atoms with E-state index >= 15 is 0 Å². The quantitative estimate of drug-likeness (QED) is 0.361. The summed E-state index contributed by atoms with van der Waals surface area (Å²) in [5.74, 6) is -1.51. The molecule has 0 aliphatic carbocycles. The molecule has 0 radical (unpaired) electrons. The number of carbonyl (C=O) groups excluding carboxylic acids is 2. The summed E-state index contributed by atoms with van der Waals surface area (Å²) >= 11 is 0. The van der Waals surface area contributed by atoms with Crippen LogP contribution < -0.4 is 34.7 Å². The Morgan fingerprint density at radius 1 is 1.36 bits per heavy atom. The molecule has 76 valence electrons. The van der Waals surface area contributed by atoms with E-state index in [9.17, 15) is 14.7 Å². The van der Waals surface area contributed by atoms with Gasteiger partial charge in [-0.25, -0.2) is 0 Å². The van der Waals surface area contributed by atoms with Gasteiger partial charge < -0.3 is 14.6 Å². The number of ether oxygens (including phenoxy) is 1. The molecule has 0 aromatic heterocycles. The van der Waals surface area contributed by atoms with Crippen LogP contribution in [0.25, 0.3) is 0 Å². The summed E-state index contributed by atoms with van der Waals surface area (Å²) < 4.78 is 4.66. The molecule has 0 heterocycles. The molecule has 0 aromatic rings. The molecule has 0 atom stereocenters. The van der Waals surface area contributed by atoms with Gasteiger partial charge in [0.15, 0.2) is 0 Å².